The number of hydrogen-bond donors (Lipinski definition) is 1. The summed E-state index contributed by atoms with van der Waals surface area (Å²) in [5.41, 5.74) is 1.66. The predicted molar refractivity (Wildman–Crippen MR) is 76.4 cm³/mol. The average molecular weight is 277 g/mol. The first kappa shape index (κ1) is 14.1. The molecule has 21 heavy (non-hydrogen) atoms. The third kappa shape index (κ3) is 4.09. The summed E-state index contributed by atoms with van der Waals surface area (Å²) in [5.74, 6) is 0.216. The van der Waals surface area contributed by atoms with Gasteiger partial charge in [0.1, 0.15) is 5.75 Å². The maximum absolute atomic E-state index is 11.7. The molecule has 2 rings (SSSR count). The van der Waals surface area contributed by atoms with Gasteiger partial charge in [-0.05, 0) is 48.5 Å². The zero-order valence-corrected chi connectivity index (χ0v) is 11.0. The van der Waals surface area contributed by atoms with E-state index in [0.717, 1.165) is 0 Å². The first-order valence-corrected chi connectivity index (χ1v) is 6.14. The molecule has 0 aliphatic rings. The average Bonchev–Trinajstić information content (AvgIpc) is 2.54. The van der Waals surface area contributed by atoms with Crippen LogP contribution in [0, 0.1) is 22.7 Å². The molecular formula is C16H11N3O2. The molecule has 0 bridgehead atoms. The fraction of sp³-hybridized carbons (Fsp3) is 0.0625. The second-order valence-corrected chi connectivity index (χ2v) is 4.16. The zero-order chi connectivity index (χ0) is 15.1. The fourth-order valence-corrected chi connectivity index (χ4v) is 1.60. The second-order valence-electron chi connectivity index (χ2n) is 4.16. The molecular weight excluding hydrogens is 266 g/mol. The van der Waals surface area contributed by atoms with Crippen molar-refractivity contribution >= 4 is 11.6 Å². The monoisotopic (exact) mass is 277 g/mol. The summed E-state index contributed by atoms with van der Waals surface area (Å²) in [7, 11) is 0. The lowest BCUT2D eigenvalue weighted by atomic mass is 10.2. The molecule has 0 atom stereocenters. The first-order chi connectivity index (χ1) is 10.2. The van der Waals surface area contributed by atoms with Gasteiger partial charge in [-0.1, -0.05) is 0 Å². The normalized spacial score (nSPS) is 9.24. The molecule has 0 aliphatic heterocycles. The summed E-state index contributed by atoms with van der Waals surface area (Å²) in [5, 5.41) is 20.0. The van der Waals surface area contributed by atoms with Gasteiger partial charge in [-0.3, -0.25) is 4.79 Å². The molecule has 1 N–H and O–H groups in total. The smallest absolute Gasteiger partial charge is 0.262 e. The summed E-state index contributed by atoms with van der Waals surface area (Å²) in [4.78, 5) is 11.7. The number of ether oxygens (including phenoxy) is 1. The van der Waals surface area contributed by atoms with Crippen molar-refractivity contribution in [2.75, 3.05) is 11.9 Å². The van der Waals surface area contributed by atoms with E-state index < -0.39 is 0 Å². The van der Waals surface area contributed by atoms with Gasteiger partial charge in [0.15, 0.2) is 6.61 Å². The summed E-state index contributed by atoms with van der Waals surface area (Å²) < 4.78 is 5.31. The first-order valence-electron chi connectivity index (χ1n) is 6.14. The number of rotatable bonds is 4. The van der Waals surface area contributed by atoms with Crippen molar-refractivity contribution in [3.05, 3.63) is 59.7 Å². The van der Waals surface area contributed by atoms with Crippen LogP contribution in [-0.4, -0.2) is 12.5 Å². The lowest BCUT2D eigenvalue weighted by molar-refractivity contribution is -0.118. The highest BCUT2D eigenvalue weighted by Crippen LogP contribution is 2.12. The van der Waals surface area contributed by atoms with Gasteiger partial charge in [0.2, 0.25) is 0 Å². The Morgan fingerprint density at radius 2 is 1.48 bits per heavy atom. The molecule has 0 aromatic heterocycles. The Morgan fingerprint density at radius 1 is 0.952 bits per heavy atom. The lowest BCUT2D eigenvalue weighted by Gasteiger charge is -2.07. The van der Waals surface area contributed by atoms with Gasteiger partial charge < -0.3 is 10.1 Å². The van der Waals surface area contributed by atoms with Crippen LogP contribution in [-0.2, 0) is 4.79 Å². The molecule has 1 amide bonds. The number of carbonyl (C=O) groups excluding carboxylic acids is 1. The van der Waals surface area contributed by atoms with Crippen molar-refractivity contribution in [3.8, 4) is 17.9 Å². The van der Waals surface area contributed by atoms with Gasteiger partial charge in [-0.2, -0.15) is 10.5 Å². The molecule has 0 fully saturated rings. The standard InChI is InChI=1S/C16H11N3O2/c17-9-12-1-5-14(6-2-12)19-16(20)11-21-15-7-3-13(10-18)4-8-15/h1-8H,11H2,(H,19,20). The largest absolute Gasteiger partial charge is 0.484 e. The highest BCUT2D eigenvalue weighted by Gasteiger charge is 2.04. The van der Waals surface area contributed by atoms with E-state index in [1.54, 1.807) is 48.5 Å². The summed E-state index contributed by atoms with van der Waals surface area (Å²) in [6.45, 7) is -0.133. The van der Waals surface area contributed by atoms with Crippen LogP contribution < -0.4 is 10.1 Å². The number of amides is 1. The molecule has 5 nitrogen and oxygen atoms in total. The van der Waals surface area contributed by atoms with E-state index in [9.17, 15) is 4.79 Å². The molecule has 0 unspecified atom stereocenters. The van der Waals surface area contributed by atoms with E-state index in [4.69, 9.17) is 15.3 Å². The fourth-order valence-electron chi connectivity index (χ4n) is 1.60. The number of benzene rings is 2. The molecule has 0 radical (unpaired) electrons. The van der Waals surface area contributed by atoms with Crippen LogP contribution in [0.5, 0.6) is 5.75 Å². The van der Waals surface area contributed by atoms with Crippen LogP contribution in [0.1, 0.15) is 11.1 Å². The Hall–Kier alpha value is -3.31. The van der Waals surface area contributed by atoms with Crippen LogP contribution in [0.2, 0.25) is 0 Å². The zero-order valence-electron chi connectivity index (χ0n) is 11.0. The number of carbonyl (C=O) groups is 1. The van der Waals surface area contributed by atoms with Gasteiger partial charge in [-0.15, -0.1) is 0 Å². The lowest BCUT2D eigenvalue weighted by Crippen LogP contribution is -2.20. The summed E-state index contributed by atoms with van der Waals surface area (Å²) >= 11 is 0. The molecule has 5 heteroatoms. The van der Waals surface area contributed by atoms with Gasteiger partial charge in [-0.25, -0.2) is 0 Å². The molecule has 0 saturated carbocycles. The van der Waals surface area contributed by atoms with Crippen LogP contribution >= 0.6 is 0 Å². The van der Waals surface area contributed by atoms with Crippen molar-refractivity contribution in [2.24, 2.45) is 0 Å². The quantitative estimate of drug-likeness (QED) is 0.930. The molecule has 2 aromatic rings. The minimum atomic E-state index is -0.302. The SMILES string of the molecule is N#Cc1ccc(NC(=O)COc2ccc(C#N)cc2)cc1. The maximum atomic E-state index is 11.7. The number of nitriles is 2. The summed E-state index contributed by atoms with van der Waals surface area (Å²) in [6.07, 6.45) is 0. The number of anilines is 1. The van der Waals surface area contributed by atoms with Crippen LogP contribution in [0.4, 0.5) is 5.69 Å². The van der Waals surface area contributed by atoms with E-state index in [1.165, 1.54) is 0 Å². The van der Waals surface area contributed by atoms with Crippen molar-refractivity contribution in [1.29, 1.82) is 10.5 Å². The Balaban J connectivity index is 1.86. The third-order valence-electron chi connectivity index (χ3n) is 2.65. The molecule has 102 valence electrons. The van der Waals surface area contributed by atoms with Crippen molar-refractivity contribution in [1.82, 2.24) is 0 Å². The van der Waals surface area contributed by atoms with E-state index >= 15 is 0 Å². The third-order valence-corrected chi connectivity index (χ3v) is 2.65. The van der Waals surface area contributed by atoms with Gasteiger partial charge in [0.25, 0.3) is 5.91 Å². The second kappa shape index (κ2) is 6.74. The topological polar surface area (TPSA) is 85.9 Å². The highest BCUT2D eigenvalue weighted by atomic mass is 16.5. The minimum Gasteiger partial charge on any atom is -0.484 e. The van der Waals surface area contributed by atoms with Crippen molar-refractivity contribution in [2.45, 2.75) is 0 Å². The van der Waals surface area contributed by atoms with Crippen LogP contribution in [0.15, 0.2) is 48.5 Å². The Morgan fingerprint density at radius 3 is 2.00 bits per heavy atom. The van der Waals surface area contributed by atoms with Crippen molar-refractivity contribution in [3.63, 3.8) is 0 Å². The van der Waals surface area contributed by atoms with Crippen LogP contribution in [0.25, 0.3) is 0 Å². The molecule has 0 saturated heterocycles. The Kier molecular flexibility index (Phi) is 4.53. The molecule has 0 spiro atoms. The van der Waals surface area contributed by atoms with Gasteiger partial charge in [0, 0.05) is 5.69 Å². The number of nitrogens with one attached hydrogen (secondary N) is 1. The van der Waals surface area contributed by atoms with Gasteiger partial charge in [0.05, 0.1) is 23.3 Å². The van der Waals surface area contributed by atoms with Gasteiger partial charge >= 0.3 is 0 Å². The van der Waals surface area contributed by atoms with E-state index in [-0.39, 0.29) is 12.5 Å². The molecule has 0 aliphatic carbocycles. The minimum absolute atomic E-state index is 0.133. The predicted octanol–water partition coefficient (Wildman–Crippen LogP) is 2.45. The number of nitrogens with zero attached hydrogens (tertiary/aromatic N) is 2. The van der Waals surface area contributed by atoms with E-state index in [1.807, 2.05) is 12.1 Å². The maximum Gasteiger partial charge on any atom is 0.262 e. The van der Waals surface area contributed by atoms with Crippen LogP contribution in [0.3, 0.4) is 0 Å². The number of hydrogen-bond acceptors (Lipinski definition) is 4. The van der Waals surface area contributed by atoms with E-state index in [0.29, 0.717) is 22.6 Å². The molecule has 2 aromatic carbocycles. The van der Waals surface area contributed by atoms with Crippen molar-refractivity contribution < 1.29 is 9.53 Å². The highest BCUT2D eigenvalue weighted by molar-refractivity contribution is 5.91. The molecule has 0 heterocycles. The Bertz CT molecular complexity index is 707. The summed E-state index contributed by atoms with van der Waals surface area (Å²) in [6, 6.07) is 17.1. The Labute approximate surface area is 122 Å². The van der Waals surface area contributed by atoms with E-state index in [2.05, 4.69) is 5.32 Å².